The minimum atomic E-state index is -0.427. The van der Waals surface area contributed by atoms with E-state index in [9.17, 15) is 9.59 Å². The van der Waals surface area contributed by atoms with Gasteiger partial charge in [0, 0.05) is 38.1 Å². The molecule has 1 unspecified atom stereocenters. The van der Waals surface area contributed by atoms with Crippen molar-refractivity contribution in [1.82, 2.24) is 9.80 Å². The van der Waals surface area contributed by atoms with Gasteiger partial charge in [0.05, 0.1) is 13.2 Å². The van der Waals surface area contributed by atoms with E-state index in [1.165, 1.54) is 0 Å². The molecule has 0 aromatic carbocycles. The summed E-state index contributed by atoms with van der Waals surface area (Å²) in [4.78, 5) is 28.2. The van der Waals surface area contributed by atoms with Crippen LogP contribution in [0, 0.1) is 5.41 Å². The second kappa shape index (κ2) is 8.89. The summed E-state index contributed by atoms with van der Waals surface area (Å²) in [6.07, 6.45) is 4.36. The number of furan rings is 1. The number of amides is 1. The summed E-state index contributed by atoms with van der Waals surface area (Å²) in [6, 6.07) is 3.51. The fourth-order valence-corrected chi connectivity index (χ4v) is 4.34. The standard InChI is InChI=1S/C20H30N2O5/c1-2-26-19(25)17-6-5-16(27-17)13-21-10-3-8-20(14-21)9-7-18(24)22(15-20)11-4-12-23/h5-6,23H,2-4,7-15H2,1H3. The summed E-state index contributed by atoms with van der Waals surface area (Å²) >= 11 is 0. The van der Waals surface area contributed by atoms with Crippen LogP contribution in [0.25, 0.3) is 0 Å². The lowest BCUT2D eigenvalue weighted by molar-refractivity contribution is -0.139. The first-order valence-electron chi connectivity index (χ1n) is 9.92. The van der Waals surface area contributed by atoms with Crippen molar-refractivity contribution in [2.45, 2.75) is 45.6 Å². The molecular formula is C20H30N2O5. The molecule has 150 valence electrons. The van der Waals surface area contributed by atoms with Crippen molar-refractivity contribution >= 4 is 11.9 Å². The summed E-state index contributed by atoms with van der Waals surface area (Å²) in [5, 5.41) is 9.08. The Morgan fingerprint density at radius 2 is 2.19 bits per heavy atom. The summed E-state index contributed by atoms with van der Waals surface area (Å²) in [5.41, 5.74) is 0.123. The van der Waals surface area contributed by atoms with Gasteiger partial charge in [0.1, 0.15) is 5.76 Å². The zero-order chi connectivity index (χ0) is 19.3. The SMILES string of the molecule is CCOC(=O)c1ccc(CN2CCCC3(CCC(=O)N(CCCO)C3)C2)o1. The van der Waals surface area contributed by atoms with Crippen LogP contribution in [0.1, 0.15) is 55.3 Å². The van der Waals surface area contributed by atoms with Gasteiger partial charge in [-0.15, -0.1) is 0 Å². The molecular weight excluding hydrogens is 348 g/mol. The third kappa shape index (κ3) is 4.90. The second-order valence-corrected chi connectivity index (χ2v) is 7.69. The van der Waals surface area contributed by atoms with Crippen molar-refractivity contribution < 1.29 is 23.8 Å². The fraction of sp³-hybridized carbons (Fsp3) is 0.700. The Morgan fingerprint density at radius 3 is 2.96 bits per heavy atom. The van der Waals surface area contributed by atoms with E-state index in [0.717, 1.165) is 44.7 Å². The first-order valence-corrected chi connectivity index (χ1v) is 9.92. The lowest BCUT2D eigenvalue weighted by atomic mass is 9.73. The molecule has 3 rings (SSSR count). The highest BCUT2D eigenvalue weighted by Crippen LogP contribution is 2.39. The van der Waals surface area contributed by atoms with E-state index in [2.05, 4.69) is 4.90 Å². The number of aliphatic hydroxyl groups is 1. The Hall–Kier alpha value is -1.86. The summed E-state index contributed by atoms with van der Waals surface area (Å²) in [6.45, 7) is 6.19. The smallest absolute Gasteiger partial charge is 0.374 e. The van der Waals surface area contributed by atoms with Crippen LogP contribution in [0.4, 0.5) is 0 Å². The number of nitrogens with zero attached hydrogens (tertiary/aromatic N) is 2. The number of hydrogen-bond donors (Lipinski definition) is 1. The van der Waals surface area contributed by atoms with Gasteiger partial charge in [-0.05, 0) is 51.3 Å². The van der Waals surface area contributed by atoms with Crippen LogP contribution < -0.4 is 0 Å². The summed E-state index contributed by atoms with van der Waals surface area (Å²) in [7, 11) is 0. The first kappa shape index (κ1) is 19.9. The van der Waals surface area contributed by atoms with Gasteiger partial charge < -0.3 is 19.2 Å². The van der Waals surface area contributed by atoms with Gasteiger partial charge in [-0.3, -0.25) is 9.69 Å². The largest absolute Gasteiger partial charge is 0.460 e. The van der Waals surface area contributed by atoms with Gasteiger partial charge in [0.25, 0.3) is 0 Å². The number of hydrogen-bond acceptors (Lipinski definition) is 6. The third-order valence-electron chi connectivity index (χ3n) is 5.59. The van der Waals surface area contributed by atoms with Gasteiger partial charge in [0.2, 0.25) is 11.7 Å². The van der Waals surface area contributed by atoms with Crippen molar-refractivity contribution in [1.29, 1.82) is 0 Å². The Balaban J connectivity index is 1.60. The second-order valence-electron chi connectivity index (χ2n) is 7.69. The molecule has 2 saturated heterocycles. The van der Waals surface area contributed by atoms with Crippen LogP contribution in [0.3, 0.4) is 0 Å². The molecule has 2 fully saturated rings. The van der Waals surface area contributed by atoms with Crippen LogP contribution >= 0.6 is 0 Å². The maximum absolute atomic E-state index is 12.2. The average Bonchev–Trinajstić information content (AvgIpc) is 3.12. The van der Waals surface area contributed by atoms with Crippen molar-refractivity contribution in [3.8, 4) is 0 Å². The zero-order valence-corrected chi connectivity index (χ0v) is 16.1. The zero-order valence-electron chi connectivity index (χ0n) is 16.1. The molecule has 0 aliphatic carbocycles. The van der Waals surface area contributed by atoms with Gasteiger partial charge in [0.15, 0.2) is 0 Å². The van der Waals surface area contributed by atoms with Crippen molar-refractivity contribution in [2.24, 2.45) is 5.41 Å². The van der Waals surface area contributed by atoms with Crippen molar-refractivity contribution in [3.63, 3.8) is 0 Å². The summed E-state index contributed by atoms with van der Waals surface area (Å²) < 4.78 is 10.6. The topological polar surface area (TPSA) is 83.2 Å². The molecule has 2 aliphatic heterocycles. The van der Waals surface area contributed by atoms with Gasteiger partial charge in [-0.25, -0.2) is 4.79 Å². The molecule has 3 heterocycles. The number of rotatable bonds is 7. The Morgan fingerprint density at radius 1 is 1.33 bits per heavy atom. The monoisotopic (exact) mass is 378 g/mol. The average molecular weight is 378 g/mol. The molecule has 1 spiro atoms. The summed E-state index contributed by atoms with van der Waals surface area (Å²) in [5.74, 6) is 0.789. The van der Waals surface area contributed by atoms with Crippen LogP contribution in [-0.2, 0) is 16.1 Å². The molecule has 0 saturated carbocycles. The van der Waals surface area contributed by atoms with E-state index < -0.39 is 5.97 Å². The Kier molecular flexibility index (Phi) is 6.55. The maximum Gasteiger partial charge on any atom is 0.374 e. The molecule has 7 heteroatoms. The number of ether oxygens (including phenoxy) is 1. The molecule has 1 aromatic rings. The highest BCUT2D eigenvalue weighted by molar-refractivity contribution is 5.86. The predicted molar refractivity (Wildman–Crippen MR) is 99.1 cm³/mol. The normalized spacial score (nSPS) is 23.8. The molecule has 1 amide bonds. The van der Waals surface area contributed by atoms with E-state index >= 15 is 0 Å². The quantitative estimate of drug-likeness (QED) is 0.731. The molecule has 27 heavy (non-hydrogen) atoms. The third-order valence-corrected chi connectivity index (χ3v) is 5.59. The highest BCUT2D eigenvalue weighted by atomic mass is 16.5. The van der Waals surface area contributed by atoms with E-state index in [1.54, 1.807) is 13.0 Å². The molecule has 0 radical (unpaired) electrons. The lowest BCUT2D eigenvalue weighted by Gasteiger charge is -2.48. The number of esters is 1. The Bertz CT molecular complexity index is 659. The highest BCUT2D eigenvalue weighted by Gasteiger charge is 2.41. The molecule has 7 nitrogen and oxygen atoms in total. The van der Waals surface area contributed by atoms with Gasteiger partial charge in [-0.2, -0.15) is 0 Å². The molecule has 1 aromatic heterocycles. The van der Waals surface area contributed by atoms with Crippen LogP contribution in [-0.4, -0.2) is 66.2 Å². The molecule has 2 aliphatic rings. The van der Waals surface area contributed by atoms with E-state index in [-0.39, 0.29) is 23.7 Å². The van der Waals surface area contributed by atoms with Crippen LogP contribution in [0.15, 0.2) is 16.5 Å². The minimum absolute atomic E-state index is 0.115. The number of carbonyl (C=O) groups is 2. The first-order chi connectivity index (χ1) is 13.0. The maximum atomic E-state index is 12.2. The van der Waals surface area contributed by atoms with Crippen LogP contribution in [0.5, 0.6) is 0 Å². The molecule has 1 N–H and O–H groups in total. The van der Waals surface area contributed by atoms with Gasteiger partial charge >= 0.3 is 5.97 Å². The number of piperidine rings is 2. The fourth-order valence-electron chi connectivity index (χ4n) is 4.34. The number of aliphatic hydroxyl groups excluding tert-OH is 1. The van der Waals surface area contributed by atoms with E-state index in [4.69, 9.17) is 14.3 Å². The van der Waals surface area contributed by atoms with Crippen LogP contribution in [0.2, 0.25) is 0 Å². The minimum Gasteiger partial charge on any atom is -0.460 e. The van der Waals surface area contributed by atoms with E-state index in [0.29, 0.717) is 32.5 Å². The molecule has 1 atom stereocenters. The van der Waals surface area contributed by atoms with Crippen molar-refractivity contribution in [3.05, 3.63) is 23.7 Å². The number of likely N-dealkylation sites (tertiary alicyclic amines) is 2. The predicted octanol–water partition coefficient (Wildman–Crippen LogP) is 2.04. The van der Waals surface area contributed by atoms with E-state index in [1.807, 2.05) is 11.0 Å². The Labute approximate surface area is 160 Å². The van der Waals surface area contributed by atoms with Crippen molar-refractivity contribution in [2.75, 3.05) is 39.4 Å². The van der Waals surface area contributed by atoms with Gasteiger partial charge in [-0.1, -0.05) is 0 Å². The lowest BCUT2D eigenvalue weighted by Crippen LogP contribution is -2.54. The number of carbonyl (C=O) groups excluding carboxylic acids is 2. The molecule has 0 bridgehead atoms.